The van der Waals surface area contributed by atoms with Gasteiger partial charge < -0.3 is 5.32 Å². The Balaban J connectivity index is 1.58. The number of hydrogen-bond acceptors (Lipinski definition) is 2. The molecule has 3 saturated carbocycles. The van der Waals surface area contributed by atoms with Crippen LogP contribution in [0.25, 0.3) is 0 Å². The molecule has 0 bridgehead atoms. The molecule has 20 heavy (non-hydrogen) atoms. The summed E-state index contributed by atoms with van der Waals surface area (Å²) in [6.07, 6.45) is 10.0. The molecule has 3 fully saturated rings. The Kier molecular flexibility index (Phi) is 4.42. The van der Waals surface area contributed by atoms with Crippen LogP contribution in [0.2, 0.25) is 0 Å². The van der Waals surface area contributed by atoms with Gasteiger partial charge in [0.1, 0.15) is 0 Å². The molecule has 1 N–H and O–H groups in total. The largest absolute Gasteiger partial charge is 0.313 e. The van der Waals surface area contributed by atoms with Crippen molar-refractivity contribution in [2.24, 2.45) is 17.3 Å². The van der Waals surface area contributed by atoms with Gasteiger partial charge in [-0.15, -0.1) is 0 Å². The molecule has 0 aromatic heterocycles. The summed E-state index contributed by atoms with van der Waals surface area (Å²) in [5.41, 5.74) is 0.495. The maximum Gasteiger partial charge on any atom is 0.0159 e. The molecule has 0 heterocycles. The molecule has 0 aromatic carbocycles. The Hall–Kier alpha value is -0.0800. The van der Waals surface area contributed by atoms with Crippen molar-refractivity contribution in [1.82, 2.24) is 10.2 Å². The topological polar surface area (TPSA) is 15.3 Å². The van der Waals surface area contributed by atoms with Gasteiger partial charge in [-0.1, -0.05) is 20.8 Å². The van der Waals surface area contributed by atoms with Crippen LogP contribution in [0.3, 0.4) is 0 Å². The summed E-state index contributed by atoms with van der Waals surface area (Å²) in [6, 6.07) is 1.69. The molecular weight excluding hydrogens is 244 g/mol. The first-order valence-electron chi connectivity index (χ1n) is 9.07. The minimum absolute atomic E-state index is 0.495. The van der Waals surface area contributed by atoms with E-state index in [9.17, 15) is 0 Å². The summed E-state index contributed by atoms with van der Waals surface area (Å²) in [7, 11) is 0. The SMILES string of the molecule is CCCNC1C(CN(CC2CC2)C2CC2)CCC1(C)C. The first kappa shape index (κ1) is 14.8. The van der Waals surface area contributed by atoms with E-state index in [4.69, 9.17) is 0 Å². The van der Waals surface area contributed by atoms with E-state index >= 15 is 0 Å². The second kappa shape index (κ2) is 5.96. The first-order valence-corrected chi connectivity index (χ1v) is 9.07. The minimum Gasteiger partial charge on any atom is -0.313 e. The van der Waals surface area contributed by atoms with Crippen LogP contribution in [-0.2, 0) is 0 Å². The van der Waals surface area contributed by atoms with Crippen LogP contribution < -0.4 is 5.32 Å². The maximum atomic E-state index is 3.88. The monoisotopic (exact) mass is 278 g/mol. The quantitative estimate of drug-likeness (QED) is 0.729. The molecule has 3 rings (SSSR count). The molecule has 2 nitrogen and oxygen atoms in total. The number of nitrogens with one attached hydrogen (secondary N) is 1. The van der Waals surface area contributed by atoms with Crippen LogP contribution in [0.15, 0.2) is 0 Å². The smallest absolute Gasteiger partial charge is 0.0159 e. The van der Waals surface area contributed by atoms with E-state index in [0.717, 1.165) is 23.9 Å². The van der Waals surface area contributed by atoms with Gasteiger partial charge in [0.15, 0.2) is 0 Å². The van der Waals surface area contributed by atoms with Gasteiger partial charge >= 0.3 is 0 Å². The number of nitrogens with zero attached hydrogens (tertiary/aromatic N) is 1. The number of hydrogen-bond donors (Lipinski definition) is 1. The van der Waals surface area contributed by atoms with E-state index < -0.39 is 0 Å². The fraction of sp³-hybridized carbons (Fsp3) is 1.00. The molecule has 3 aliphatic rings. The van der Waals surface area contributed by atoms with E-state index in [0.29, 0.717) is 5.41 Å². The molecule has 2 atom stereocenters. The summed E-state index contributed by atoms with van der Waals surface area (Å²) in [6.45, 7) is 11.2. The zero-order valence-corrected chi connectivity index (χ0v) is 13.8. The van der Waals surface area contributed by atoms with Crippen molar-refractivity contribution >= 4 is 0 Å². The van der Waals surface area contributed by atoms with Gasteiger partial charge in [-0.05, 0) is 68.7 Å². The zero-order valence-electron chi connectivity index (χ0n) is 13.8. The van der Waals surface area contributed by atoms with E-state index in [1.54, 1.807) is 0 Å². The lowest BCUT2D eigenvalue weighted by atomic mass is 9.84. The molecule has 0 aromatic rings. The molecule has 0 amide bonds. The summed E-state index contributed by atoms with van der Waals surface area (Å²) in [5.74, 6) is 1.93. The number of rotatable bonds is 8. The van der Waals surface area contributed by atoms with Gasteiger partial charge in [0.25, 0.3) is 0 Å². The molecule has 116 valence electrons. The van der Waals surface area contributed by atoms with Crippen LogP contribution >= 0.6 is 0 Å². The summed E-state index contributed by atoms with van der Waals surface area (Å²) in [4.78, 5) is 2.87. The Labute approximate surface area is 125 Å². The summed E-state index contributed by atoms with van der Waals surface area (Å²) < 4.78 is 0. The molecule has 0 aliphatic heterocycles. The normalized spacial score (nSPS) is 33.0. The summed E-state index contributed by atoms with van der Waals surface area (Å²) in [5, 5.41) is 3.88. The van der Waals surface area contributed by atoms with Crippen molar-refractivity contribution in [3.8, 4) is 0 Å². The lowest BCUT2D eigenvalue weighted by Gasteiger charge is -2.34. The zero-order chi connectivity index (χ0) is 14.2. The third-order valence-electron chi connectivity index (χ3n) is 5.81. The third-order valence-corrected chi connectivity index (χ3v) is 5.81. The van der Waals surface area contributed by atoms with E-state index in [1.807, 2.05) is 0 Å². The van der Waals surface area contributed by atoms with Crippen LogP contribution in [0, 0.1) is 17.3 Å². The molecule has 2 unspecified atom stereocenters. The predicted molar refractivity (Wildman–Crippen MR) is 85.9 cm³/mol. The van der Waals surface area contributed by atoms with Crippen molar-refractivity contribution in [3.05, 3.63) is 0 Å². The highest BCUT2D eigenvalue weighted by Gasteiger charge is 2.44. The molecule has 3 aliphatic carbocycles. The maximum absolute atomic E-state index is 3.88. The fourth-order valence-corrected chi connectivity index (χ4v) is 4.20. The predicted octanol–water partition coefficient (Wildman–Crippen LogP) is 3.67. The Morgan fingerprint density at radius 2 is 1.80 bits per heavy atom. The van der Waals surface area contributed by atoms with Gasteiger partial charge in [0.05, 0.1) is 0 Å². The molecule has 2 heteroatoms. The Morgan fingerprint density at radius 3 is 2.40 bits per heavy atom. The van der Waals surface area contributed by atoms with Gasteiger partial charge in [0, 0.05) is 25.2 Å². The molecule has 0 radical (unpaired) electrons. The van der Waals surface area contributed by atoms with Crippen molar-refractivity contribution in [2.45, 2.75) is 77.8 Å². The molecule has 0 spiro atoms. The van der Waals surface area contributed by atoms with Crippen LogP contribution in [0.1, 0.15) is 65.7 Å². The van der Waals surface area contributed by atoms with Gasteiger partial charge in [0.2, 0.25) is 0 Å². The lowest BCUT2D eigenvalue weighted by Crippen LogP contribution is -2.46. The van der Waals surface area contributed by atoms with E-state index in [-0.39, 0.29) is 0 Å². The average Bonchev–Trinajstić information content (AvgIpc) is 3.26. The van der Waals surface area contributed by atoms with Crippen LogP contribution in [0.4, 0.5) is 0 Å². The van der Waals surface area contributed by atoms with Crippen molar-refractivity contribution in [3.63, 3.8) is 0 Å². The van der Waals surface area contributed by atoms with Gasteiger partial charge in [-0.3, -0.25) is 4.90 Å². The van der Waals surface area contributed by atoms with Gasteiger partial charge in [-0.25, -0.2) is 0 Å². The summed E-state index contributed by atoms with van der Waals surface area (Å²) >= 11 is 0. The standard InChI is InChI=1S/C18H34N2/c1-4-11-19-17-15(9-10-18(17,2)3)13-20(16-7-8-16)12-14-5-6-14/h14-17,19H,4-13H2,1-3H3. The van der Waals surface area contributed by atoms with Gasteiger partial charge in [-0.2, -0.15) is 0 Å². The minimum atomic E-state index is 0.495. The second-order valence-electron chi connectivity index (χ2n) is 8.35. The highest BCUT2D eigenvalue weighted by molar-refractivity contribution is 4.99. The first-order chi connectivity index (χ1) is 9.60. The van der Waals surface area contributed by atoms with Crippen LogP contribution in [0.5, 0.6) is 0 Å². The van der Waals surface area contributed by atoms with Crippen molar-refractivity contribution in [2.75, 3.05) is 19.6 Å². The van der Waals surface area contributed by atoms with Crippen LogP contribution in [-0.4, -0.2) is 36.6 Å². The Bertz CT molecular complexity index is 317. The highest BCUT2D eigenvalue weighted by Crippen LogP contribution is 2.43. The van der Waals surface area contributed by atoms with E-state index in [2.05, 4.69) is 31.0 Å². The highest BCUT2D eigenvalue weighted by atomic mass is 15.2. The fourth-order valence-electron chi connectivity index (χ4n) is 4.20. The van der Waals surface area contributed by atoms with Crippen molar-refractivity contribution < 1.29 is 0 Å². The van der Waals surface area contributed by atoms with Crippen molar-refractivity contribution in [1.29, 1.82) is 0 Å². The second-order valence-corrected chi connectivity index (χ2v) is 8.35. The molecule has 0 saturated heterocycles. The van der Waals surface area contributed by atoms with E-state index in [1.165, 1.54) is 64.6 Å². The Morgan fingerprint density at radius 1 is 1.05 bits per heavy atom. The average molecular weight is 278 g/mol. The molecular formula is C18H34N2. The third kappa shape index (κ3) is 3.57. The lowest BCUT2D eigenvalue weighted by molar-refractivity contribution is 0.172.